The van der Waals surface area contributed by atoms with E-state index in [0.717, 1.165) is 36.3 Å². The summed E-state index contributed by atoms with van der Waals surface area (Å²) < 4.78 is 4.72. The van der Waals surface area contributed by atoms with E-state index >= 15 is 0 Å². The minimum Gasteiger partial charge on any atom is -0.469 e. The van der Waals surface area contributed by atoms with Crippen molar-refractivity contribution in [1.29, 1.82) is 0 Å². The summed E-state index contributed by atoms with van der Waals surface area (Å²) >= 11 is 0. The highest BCUT2D eigenvalue weighted by atomic mass is 16.6. The number of ether oxygens (including phenoxy) is 1. The van der Waals surface area contributed by atoms with Gasteiger partial charge in [0.15, 0.2) is 6.61 Å². The zero-order chi connectivity index (χ0) is 14.6. The van der Waals surface area contributed by atoms with Crippen molar-refractivity contribution in [3.8, 4) is 12.3 Å². The molecule has 1 aliphatic carbocycles. The van der Waals surface area contributed by atoms with Gasteiger partial charge in [0, 0.05) is 11.3 Å². The van der Waals surface area contributed by atoms with Crippen LogP contribution >= 0.6 is 0 Å². The highest BCUT2D eigenvalue weighted by Crippen LogP contribution is 2.33. The highest BCUT2D eigenvalue weighted by molar-refractivity contribution is 6.27. The molecule has 1 heterocycles. The number of methoxy groups -OCH3 is 1. The van der Waals surface area contributed by atoms with Crippen molar-refractivity contribution in [3.05, 3.63) is 11.6 Å². The first-order chi connectivity index (χ1) is 9.58. The third-order valence-electron chi connectivity index (χ3n) is 3.35. The maximum absolute atomic E-state index is 11.5. The van der Waals surface area contributed by atoms with Crippen LogP contribution in [-0.2, 0) is 14.4 Å². The molecule has 5 heteroatoms. The number of esters is 1. The summed E-state index contributed by atoms with van der Waals surface area (Å²) in [5.74, 6) is 2.11. The lowest BCUT2D eigenvalue weighted by Crippen LogP contribution is -2.22. The number of carbonyl (C=O) groups excluding carboxylic acids is 1. The second-order valence-electron chi connectivity index (χ2n) is 5.10. The molecular weight excluding hydrogens is 256 g/mol. The first kappa shape index (κ1) is 14.3. The maximum atomic E-state index is 11.5. The third-order valence-corrected chi connectivity index (χ3v) is 3.35. The first-order valence-corrected chi connectivity index (χ1v) is 6.59. The monoisotopic (exact) mass is 274 g/mol. The molecule has 2 rings (SSSR count). The molecule has 1 saturated carbocycles. The molecule has 0 aromatic rings. The molecule has 1 aliphatic heterocycles. The Morgan fingerprint density at radius 2 is 2.40 bits per heavy atom. The molecule has 1 unspecified atom stereocenters. The molecule has 1 atom stereocenters. The number of oxime groups is 1. The molecule has 106 valence electrons. The highest BCUT2D eigenvalue weighted by Gasteiger charge is 2.35. The molecule has 0 radical (unpaired) electrons. The van der Waals surface area contributed by atoms with Gasteiger partial charge in [-0.2, -0.15) is 0 Å². The second kappa shape index (κ2) is 5.91. The largest absolute Gasteiger partial charge is 0.469 e. The lowest BCUT2D eigenvalue weighted by molar-refractivity contribution is -0.141. The Hall–Kier alpha value is -2.09. The molecule has 5 nitrogen and oxygen atoms in total. The molecule has 0 aromatic carbocycles. The molecule has 0 aromatic heterocycles. The topological polar surface area (TPSA) is 60.2 Å². The molecule has 1 fully saturated rings. The molecule has 0 saturated heterocycles. The van der Waals surface area contributed by atoms with Gasteiger partial charge >= 0.3 is 5.97 Å². The number of rotatable bonds is 4. The normalized spacial score (nSPS) is 26.4. The minimum atomic E-state index is -0.547. The molecule has 0 N–H and O–H groups in total. The molecule has 20 heavy (non-hydrogen) atoms. The van der Waals surface area contributed by atoms with E-state index in [1.165, 1.54) is 7.11 Å². The van der Waals surface area contributed by atoms with Gasteiger partial charge in [-0.25, -0.2) is 0 Å². The summed E-state index contributed by atoms with van der Waals surface area (Å²) in [6.45, 7) is 2.07. The van der Waals surface area contributed by atoms with Gasteiger partial charge in [0.25, 0.3) is 0 Å². The molecule has 0 bridgehead atoms. The van der Waals surface area contributed by atoms with Crippen LogP contribution in [0.1, 0.15) is 32.6 Å². The number of nitrogens with zero attached hydrogens (tertiary/aromatic N) is 2. The van der Waals surface area contributed by atoms with Crippen LogP contribution < -0.4 is 0 Å². The van der Waals surface area contributed by atoms with Crippen LogP contribution in [-0.4, -0.2) is 36.6 Å². The fourth-order valence-corrected chi connectivity index (χ4v) is 2.49. The fraction of sp³-hybridized carbons (Fsp3) is 0.533. The third kappa shape index (κ3) is 3.08. The number of terminal acetylenes is 1. The van der Waals surface area contributed by atoms with Gasteiger partial charge in [0.1, 0.15) is 0 Å². The Morgan fingerprint density at radius 3 is 3.10 bits per heavy atom. The van der Waals surface area contributed by atoms with Crippen LogP contribution in [0.5, 0.6) is 0 Å². The van der Waals surface area contributed by atoms with Crippen molar-refractivity contribution < 1.29 is 14.4 Å². The van der Waals surface area contributed by atoms with E-state index in [9.17, 15) is 4.79 Å². The van der Waals surface area contributed by atoms with E-state index in [1.807, 2.05) is 13.0 Å². The van der Waals surface area contributed by atoms with Crippen molar-refractivity contribution in [2.24, 2.45) is 10.1 Å². The molecule has 0 amide bonds. The van der Waals surface area contributed by atoms with Gasteiger partial charge in [0.05, 0.1) is 24.8 Å². The van der Waals surface area contributed by atoms with Crippen LogP contribution in [0.2, 0.25) is 0 Å². The SMILES string of the molecule is C#CCON=C1CCCC2=NC(C)(CC(=O)OC)C=C12. The predicted octanol–water partition coefficient (Wildman–Crippen LogP) is 1.88. The van der Waals surface area contributed by atoms with E-state index < -0.39 is 5.54 Å². The summed E-state index contributed by atoms with van der Waals surface area (Å²) in [6, 6.07) is 0. The average molecular weight is 274 g/mol. The molecular formula is C15H18N2O3. The number of aliphatic imine (C=N–C) groups is 1. The standard InChI is InChI=1S/C15H18N2O3/c1-4-8-20-17-13-7-5-6-12-11(13)9-15(2,16-12)10-14(18)19-3/h1,9H,5-8,10H2,2-3H3. The number of carbonyl (C=O) groups is 1. The van der Waals surface area contributed by atoms with Crippen molar-refractivity contribution in [2.45, 2.75) is 38.1 Å². The molecule has 2 aliphatic rings. The Labute approximate surface area is 118 Å². The number of fused-ring (bicyclic) bond motifs is 1. The van der Waals surface area contributed by atoms with Crippen LogP contribution in [0.25, 0.3) is 0 Å². The zero-order valence-corrected chi connectivity index (χ0v) is 11.8. The van der Waals surface area contributed by atoms with Crippen LogP contribution in [0.3, 0.4) is 0 Å². The maximum Gasteiger partial charge on any atom is 0.308 e. The van der Waals surface area contributed by atoms with Gasteiger partial charge in [0.2, 0.25) is 0 Å². The number of allylic oxidation sites excluding steroid dienone is 1. The lowest BCUT2D eigenvalue weighted by Gasteiger charge is -2.16. The van der Waals surface area contributed by atoms with E-state index in [0.29, 0.717) is 0 Å². The van der Waals surface area contributed by atoms with Crippen LogP contribution in [0.15, 0.2) is 21.8 Å². The Kier molecular flexibility index (Phi) is 4.23. The summed E-state index contributed by atoms with van der Waals surface area (Å²) in [5, 5.41) is 4.09. The van der Waals surface area contributed by atoms with E-state index in [2.05, 4.69) is 16.1 Å². The fourth-order valence-electron chi connectivity index (χ4n) is 2.49. The Morgan fingerprint density at radius 1 is 1.60 bits per heavy atom. The van der Waals surface area contributed by atoms with Crippen molar-refractivity contribution >= 4 is 17.4 Å². The number of hydrogen-bond donors (Lipinski definition) is 0. The molecule has 0 spiro atoms. The van der Waals surface area contributed by atoms with Gasteiger partial charge in [-0.1, -0.05) is 11.1 Å². The van der Waals surface area contributed by atoms with Crippen molar-refractivity contribution in [2.75, 3.05) is 13.7 Å². The van der Waals surface area contributed by atoms with Gasteiger partial charge in [-0.3, -0.25) is 9.79 Å². The van der Waals surface area contributed by atoms with Gasteiger partial charge in [-0.05, 0) is 32.3 Å². The number of hydrogen-bond acceptors (Lipinski definition) is 5. The lowest BCUT2D eigenvalue weighted by atomic mass is 9.90. The van der Waals surface area contributed by atoms with Gasteiger partial charge in [-0.15, -0.1) is 6.42 Å². The van der Waals surface area contributed by atoms with Gasteiger partial charge < -0.3 is 9.57 Å². The van der Waals surface area contributed by atoms with Crippen molar-refractivity contribution in [3.63, 3.8) is 0 Å². The Bertz CT molecular complexity index is 540. The quantitative estimate of drug-likeness (QED) is 0.340. The smallest absolute Gasteiger partial charge is 0.308 e. The summed E-state index contributed by atoms with van der Waals surface area (Å²) in [7, 11) is 1.38. The average Bonchev–Trinajstić information content (AvgIpc) is 2.75. The summed E-state index contributed by atoms with van der Waals surface area (Å²) in [5.41, 5.74) is 2.29. The first-order valence-electron chi connectivity index (χ1n) is 6.59. The van der Waals surface area contributed by atoms with Crippen LogP contribution in [0, 0.1) is 12.3 Å². The van der Waals surface area contributed by atoms with E-state index in [1.54, 1.807) is 0 Å². The van der Waals surface area contributed by atoms with E-state index in [4.69, 9.17) is 16.0 Å². The second-order valence-corrected chi connectivity index (χ2v) is 5.10. The van der Waals surface area contributed by atoms with E-state index in [-0.39, 0.29) is 19.0 Å². The Balaban J connectivity index is 2.20. The summed E-state index contributed by atoms with van der Waals surface area (Å²) in [6.07, 6.45) is 10.1. The predicted molar refractivity (Wildman–Crippen MR) is 76.6 cm³/mol. The summed E-state index contributed by atoms with van der Waals surface area (Å²) in [4.78, 5) is 21.2. The minimum absolute atomic E-state index is 0.155. The van der Waals surface area contributed by atoms with Crippen molar-refractivity contribution in [1.82, 2.24) is 0 Å². The van der Waals surface area contributed by atoms with Crippen LogP contribution in [0.4, 0.5) is 0 Å². The zero-order valence-electron chi connectivity index (χ0n) is 11.8.